The van der Waals surface area contributed by atoms with E-state index in [1.165, 1.54) is 11.1 Å². The van der Waals surface area contributed by atoms with E-state index < -0.39 is 6.09 Å². The van der Waals surface area contributed by atoms with E-state index >= 15 is 0 Å². The molecule has 2 aromatic carbocycles. The highest BCUT2D eigenvalue weighted by Crippen LogP contribution is 2.61. The molecule has 30 heavy (non-hydrogen) atoms. The molecular weight excluding hydrogens is 380 g/mol. The third kappa shape index (κ3) is 2.85. The van der Waals surface area contributed by atoms with Gasteiger partial charge in [-0.25, -0.2) is 4.79 Å². The van der Waals surface area contributed by atoms with Crippen molar-refractivity contribution in [3.8, 4) is 11.5 Å². The molecule has 2 heterocycles. The number of carbonyl (C=O) groups excluding carboxylic acids is 1. The SMILES string of the molecule is COc1ccc2c3c1O[C@H]1C[C@H](OC(=O)Nc4ccccc4)C(C)[C@@]31CCN(C)C2. The predicted molar refractivity (Wildman–Crippen MR) is 114 cm³/mol. The van der Waals surface area contributed by atoms with Crippen LogP contribution < -0.4 is 14.8 Å². The zero-order valence-corrected chi connectivity index (χ0v) is 17.7. The number of carbonyl (C=O) groups is 1. The third-order valence-corrected chi connectivity index (χ3v) is 7.17. The average Bonchev–Trinajstić information content (AvgIpc) is 3.12. The van der Waals surface area contributed by atoms with E-state index in [0.29, 0.717) is 6.42 Å². The Morgan fingerprint density at radius 3 is 2.80 bits per heavy atom. The molecule has 0 aromatic heterocycles. The van der Waals surface area contributed by atoms with Gasteiger partial charge in [0.2, 0.25) is 0 Å². The van der Waals surface area contributed by atoms with E-state index in [-0.39, 0.29) is 23.5 Å². The summed E-state index contributed by atoms with van der Waals surface area (Å²) in [6, 6.07) is 13.6. The molecular formula is C24H28N2O4. The van der Waals surface area contributed by atoms with Crippen molar-refractivity contribution in [3.63, 3.8) is 0 Å². The van der Waals surface area contributed by atoms with Gasteiger partial charge in [0.25, 0.3) is 0 Å². The number of ether oxygens (including phenoxy) is 3. The van der Waals surface area contributed by atoms with Gasteiger partial charge in [-0.3, -0.25) is 5.32 Å². The van der Waals surface area contributed by atoms with Gasteiger partial charge in [-0.2, -0.15) is 0 Å². The highest BCUT2D eigenvalue weighted by atomic mass is 16.6. The molecule has 6 heteroatoms. The summed E-state index contributed by atoms with van der Waals surface area (Å²) in [5, 5.41) is 2.84. The zero-order chi connectivity index (χ0) is 20.9. The number of rotatable bonds is 3. The van der Waals surface area contributed by atoms with Gasteiger partial charge in [-0.05, 0) is 43.8 Å². The van der Waals surface area contributed by atoms with Crippen molar-refractivity contribution in [3.05, 3.63) is 53.6 Å². The number of hydrogen-bond donors (Lipinski definition) is 1. The van der Waals surface area contributed by atoms with Crippen molar-refractivity contribution >= 4 is 11.8 Å². The largest absolute Gasteiger partial charge is 0.493 e. The van der Waals surface area contributed by atoms with Gasteiger partial charge >= 0.3 is 6.09 Å². The van der Waals surface area contributed by atoms with Crippen molar-refractivity contribution in [2.75, 3.05) is 26.0 Å². The summed E-state index contributed by atoms with van der Waals surface area (Å²) in [6.07, 6.45) is 1.03. The molecule has 0 radical (unpaired) electrons. The van der Waals surface area contributed by atoms with Gasteiger partial charge in [0.1, 0.15) is 12.2 Å². The minimum atomic E-state index is -0.411. The fourth-order valence-electron chi connectivity index (χ4n) is 5.67. The Balaban J connectivity index is 1.45. The number of methoxy groups -OCH3 is 1. The van der Waals surface area contributed by atoms with Crippen molar-refractivity contribution in [1.29, 1.82) is 0 Å². The van der Waals surface area contributed by atoms with Crippen molar-refractivity contribution in [2.45, 2.75) is 43.9 Å². The first-order chi connectivity index (χ1) is 14.5. The standard InChI is InChI=1S/C24H28N2O4/c1-15-19(29-23(27)25-17-7-5-4-6-8-17)13-20-24(15)11-12-26(2)14-16-9-10-18(28-3)22(30-20)21(16)24/h4-10,15,19-20H,11-14H2,1-3H3,(H,25,27)/t15?,19-,20-,24+/m0/s1. The van der Waals surface area contributed by atoms with Crippen molar-refractivity contribution < 1.29 is 19.0 Å². The molecule has 2 aromatic rings. The molecule has 0 bridgehead atoms. The molecule has 1 spiro atoms. The maximum atomic E-state index is 12.6. The van der Waals surface area contributed by atoms with Crippen LogP contribution in [0.25, 0.3) is 0 Å². The lowest BCUT2D eigenvalue weighted by molar-refractivity contribution is 0.0774. The molecule has 3 aliphatic rings. The van der Waals surface area contributed by atoms with Crippen LogP contribution in [0.1, 0.15) is 30.9 Å². The first kappa shape index (κ1) is 19.2. The monoisotopic (exact) mass is 408 g/mol. The highest BCUT2D eigenvalue weighted by Gasteiger charge is 2.62. The molecule has 1 N–H and O–H groups in total. The number of anilines is 1. The molecule has 4 atom stereocenters. The Morgan fingerprint density at radius 2 is 2.03 bits per heavy atom. The molecule has 1 saturated carbocycles. The number of amides is 1. The summed E-state index contributed by atoms with van der Waals surface area (Å²) < 4.78 is 18.0. The molecule has 158 valence electrons. The van der Waals surface area contributed by atoms with E-state index in [0.717, 1.165) is 36.7 Å². The Hall–Kier alpha value is -2.73. The van der Waals surface area contributed by atoms with Crippen molar-refractivity contribution in [1.82, 2.24) is 4.90 Å². The van der Waals surface area contributed by atoms with Crippen LogP contribution in [0.5, 0.6) is 11.5 Å². The molecule has 1 unspecified atom stereocenters. The molecule has 5 rings (SSSR count). The Morgan fingerprint density at radius 1 is 1.23 bits per heavy atom. The number of benzene rings is 2. The Bertz CT molecular complexity index is 963. The zero-order valence-electron chi connectivity index (χ0n) is 17.7. The summed E-state index contributed by atoms with van der Waals surface area (Å²) in [5.74, 6) is 1.82. The van der Waals surface area contributed by atoms with Gasteiger partial charge in [0.15, 0.2) is 11.5 Å². The third-order valence-electron chi connectivity index (χ3n) is 7.17. The van der Waals surface area contributed by atoms with Crippen LogP contribution in [0.3, 0.4) is 0 Å². The van der Waals surface area contributed by atoms with E-state index in [4.69, 9.17) is 14.2 Å². The average molecular weight is 408 g/mol. The Labute approximate surface area is 177 Å². The second-order valence-electron chi connectivity index (χ2n) is 8.72. The lowest BCUT2D eigenvalue weighted by Crippen LogP contribution is -2.40. The van der Waals surface area contributed by atoms with Crippen LogP contribution in [0.15, 0.2) is 42.5 Å². The van der Waals surface area contributed by atoms with E-state index in [9.17, 15) is 4.79 Å². The fraction of sp³-hybridized carbons (Fsp3) is 0.458. The normalized spacial score (nSPS) is 29.4. The van der Waals surface area contributed by atoms with E-state index in [2.05, 4.69) is 30.3 Å². The van der Waals surface area contributed by atoms with Gasteiger partial charge in [-0.1, -0.05) is 31.2 Å². The summed E-state index contributed by atoms with van der Waals surface area (Å²) in [5.41, 5.74) is 3.12. The number of hydrogen-bond acceptors (Lipinski definition) is 5. The first-order valence-corrected chi connectivity index (χ1v) is 10.6. The first-order valence-electron chi connectivity index (χ1n) is 10.6. The molecule has 1 amide bonds. The smallest absolute Gasteiger partial charge is 0.411 e. The lowest BCUT2D eigenvalue weighted by atomic mass is 9.69. The topological polar surface area (TPSA) is 60.0 Å². The predicted octanol–water partition coefficient (Wildman–Crippen LogP) is 4.19. The molecule has 0 saturated heterocycles. The molecule has 1 fully saturated rings. The highest BCUT2D eigenvalue weighted by molar-refractivity contribution is 5.84. The van der Waals surface area contributed by atoms with Crippen LogP contribution in [0.2, 0.25) is 0 Å². The second kappa shape index (κ2) is 7.20. The van der Waals surface area contributed by atoms with Crippen LogP contribution in [-0.4, -0.2) is 43.9 Å². The summed E-state index contributed by atoms with van der Waals surface area (Å²) >= 11 is 0. The minimum absolute atomic E-state index is 0.0152. The maximum Gasteiger partial charge on any atom is 0.411 e. The molecule has 6 nitrogen and oxygen atoms in total. The van der Waals surface area contributed by atoms with Gasteiger partial charge in [-0.15, -0.1) is 0 Å². The number of nitrogens with zero attached hydrogens (tertiary/aromatic N) is 1. The fourth-order valence-corrected chi connectivity index (χ4v) is 5.67. The summed E-state index contributed by atoms with van der Waals surface area (Å²) in [4.78, 5) is 14.9. The minimum Gasteiger partial charge on any atom is -0.493 e. The lowest BCUT2D eigenvalue weighted by Gasteiger charge is -2.34. The van der Waals surface area contributed by atoms with Crippen LogP contribution >= 0.6 is 0 Å². The van der Waals surface area contributed by atoms with Gasteiger partial charge in [0.05, 0.1) is 7.11 Å². The second-order valence-corrected chi connectivity index (χ2v) is 8.72. The van der Waals surface area contributed by atoms with Gasteiger partial charge < -0.3 is 19.1 Å². The number of para-hydroxylation sites is 1. The molecule has 1 aliphatic carbocycles. The molecule has 2 aliphatic heterocycles. The van der Waals surface area contributed by atoms with Crippen LogP contribution in [0, 0.1) is 5.92 Å². The number of nitrogens with one attached hydrogen (secondary N) is 1. The maximum absolute atomic E-state index is 12.6. The van der Waals surface area contributed by atoms with E-state index in [1.807, 2.05) is 36.4 Å². The van der Waals surface area contributed by atoms with Gasteiger partial charge in [0, 0.05) is 35.5 Å². The quantitative estimate of drug-likeness (QED) is 0.825. The summed E-state index contributed by atoms with van der Waals surface area (Å²) in [7, 11) is 3.85. The van der Waals surface area contributed by atoms with E-state index in [1.54, 1.807) is 7.11 Å². The Kier molecular flexibility index (Phi) is 4.62. The van der Waals surface area contributed by atoms with Crippen LogP contribution in [-0.2, 0) is 16.7 Å². The van der Waals surface area contributed by atoms with Crippen molar-refractivity contribution in [2.24, 2.45) is 5.92 Å². The summed E-state index contributed by atoms with van der Waals surface area (Å²) in [6.45, 7) is 4.06. The van der Waals surface area contributed by atoms with Crippen LogP contribution in [0.4, 0.5) is 10.5 Å².